The molecule has 0 saturated heterocycles. The molecular formula is C14H15ClN4O. The van der Waals surface area contributed by atoms with Crippen LogP contribution in [0, 0.1) is 0 Å². The SMILES string of the molecule is O=C(NCC1=CCCCC1)c1cn2cc(Cl)cnc2n1. The largest absolute Gasteiger partial charge is 0.347 e. The lowest BCUT2D eigenvalue weighted by Crippen LogP contribution is -2.26. The van der Waals surface area contributed by atoms with Crippen LogP contribution in [0.3, 0.4) is 0 Å². The minimum Gasteiger partial charge on any atom is -0.347 e. The molecule has 0 bridgehead atoms. The van der Waals surface area contributed by atoms with Crippen LogP contribution in [0.15, 0.2) is 30.2 Å². The van der Waals surface area contributed by atoms with Gasteiger partial charge in [-0.05, 0) is 25.7 Å². The van der Waals surface area contributed by atoms with Crippen molar-refractivity contribution in [2.45, 2.75) is 25.7 Å². The zero-order valence-corrected chi connectivity index (χ0v) is 11.7. The molecule has 1 N–H and O–H groups in total. The van der Waals surface area contributed by atoms with Crippen LogP contribution in [-0.2, 0) is 0 Å². The lowest BCUT2D eigenvalue weighted by Gasteiger charge is -2.12. The molecule has 20 heavy (non-hydrogen) atoms. The van der Waals surface area contributed by atoms with E-state index in [1.165, 1.54) is 24.6 Å². The number of hydrogen-bond acceptors (Lipinski definition) is 3. The molecule has 0 fully saturated rings. The highest BCUT2D eigenvalue weighted by atomic mass is 35.5. The van der Waals surface area contributed by atoms with E-state index in [4.69, 9.17) is 11.6 Å². The maximum atomic E-state index is 12.1. The highest BCUT2D eigenvalue weighted by Gasteiger charge is 2.12. The number of amides is 1. The molecule has 1 amide bonds. The third-order valence-electron chi connectivity index (χ3n) is 3.37. The summed E-state index contributed by atoms with van der Waals surface area (Å²) < 4.78 is 1.65. The van der Waals surface area contributed by atoms with Gasteiger partial charge in [0.05, 0.1) is 11.2 Å². The van der Waals surface area contributed by atoms with E-state index in [0.29, 0.717) is 23.0 Å². The first-order chi connectivity index (χ1) is 9.72. The Labute approximate surface area is 121 Å². The molecule has 6 heteroatoms. The number of halogens is 1. The van der Waals surface area contributed by atoms with Crippen LogP contribution in [0.2, 0.25) is 5.02 Å². The fourth-order valence-electron chi connectivity index (χ4n) is 2.32. The van der Waals surface area contributed by atoms with Gasteiger partial charge < -0.3 is 5.32 Å². The topological polar surface area (TPSA) is 59.3 Å². The van der Waals surface area contributed by atoms with E-state index in [1.807, 2.05) is 0 Å². The maximum absolute atomic E-state index is 12.1. The molecule has 2 heterocycles. The molecule has 0 saturated carbocycles. The monoisotopic (exact) mass is 290 g/mol. The van der Waals surface area contributed by atoms with Crippen LogP contribution in [0.1, 0.15) is 36.2 Å². The van der Waals surface area contributed by atoms with Crippen molar-refractivity contribution in [2.24, 2.45) is 0 Å². The van der Waals surface area contributed by atoms with Gasteiger partial charge in [-0.2, -0.15) is 0 Å². The first-order valence-electron chi connectivity index (χ1n) is 6.69. The third kappa shape index (κ3) is 2.82. The standard InChI is InChI=1S/C14H15ClN4O/c15-11-7-17-14-18-12(9-19(14)8-11)13(20)16-6-10-4-2-1-3-5-10/h4,7-9H,1-3,5-6H2,(H,16,20). The Morgan fingerprint density at radius 3 is 3.10 bits per heavy atom. The van der Waals surface area contributed by atoms with Crippen LogP contribution in [-0.4, -0.2) is 26.8 Å². The summed E-state index contributed by atoms with van der Waals surface area (Å²) in [7, 11) is 0. The van der Waals surface area contributed by atoms with Gasteiger partial charge in [0.2, 0.25) is 5.78 Å². The van der Waals surface area contributed by atoms with Gasteiger partial charge in [0.1, 0.15) is 5.69 Å². The van der Waals surface area contributed by atoms with Gasteiger partial charge in [-0.15, -0.1) is 0 Å². The van der Waals surface area contributed by atoms with Crippen LogP contribution in [0.5, 0.6) is 0 Å². The number of nitrogens with zero attached hydrogens (tertiary/aromatic N) is 3. The van der Waals surface area contributed by atoms with Crippen molar-refractivity contribution in [2.75, 3.05) is 6.54 Å². The maximum Gasteiger partial charge on any atom is 0.271 e. The second kappa shape index (κ2) is 5.63. The van der Waals surface area contributed by atoms with Crippen molar-refractivity contribution in [1.29, 1.82) is 0 Å². The molecule has 1 aliphatic carbocycles. The van der Waals surface area contributed by atoms with E-state index in [-0.39, 0.29) is 5.91 Å². The summed E-state index contributed by atoms with van der Waals surface area (Å²) in [4.78, 5) is 20.3. The number of imidazole rings is 1. The summed E-state index contributed by atoms with van der Waals surface area (Å²) in [6, 6.07) is 0. The molecule has 0 spiro atoms. The molecule has 2 aromatic rings. The molecule has 0 aromatic carbocycles. The molecule has 104 valence electrons. The van der Waals surface area contributed by atoms with Crippen LogP contribution in [0.4, 0.5) is 0 Å². The zero-order chi connectivity index (χ0) is 13.9. The van der Waals surface area contributed by atoms with Gasteiger partial charge in [-0.25, -0.2) is 9.97 Å². The van der Waals surface area contributed by atoms with Crippen molar-refractivity contribution in [1.82, 2.24) is 19.7 Å². The molecule has 5 nitrogen and oxygen atoms in total. The molecule has 0 atom stereocenters. The first kappa shape index (κ1) is 13.1. The average Bonchev–Trinajstić information content (AvgIpc) is 2.89. The van der Waals surface area contributed by atoms with E-state index < -0.39 is 0 Å². The lowest BCUT2D eigenvalue weighted by atomic mass is 10.00. The Hall–Kier alpha value is -1.88. The van der Waals surface area contributed by atoms with Gasteiger partial charge in [-0.1, -0.05) is 23.3 Å². The fourth-order valence-corrected chi connectivity index (χ4v) is 2.47. The van der Waals surface area contributed by atoms with Gasteiger partial charge in [0, 0.05) is 18.9 Å². The number of nitrogens with one attached hydrogen (secondary N) is 1. The number of hydrogen-bond donors (Lipinski definition) is 1. The third-order valence-corrected chi connectivity index (χ3v) is 3.57. The van der Waals surface area contributed by atoms with Crippen molar-refractivity contribution in [3.63, 3.8) is 0 Å². The normalized spacial score (nSPS) is 15.2. The molecule has 3 rings (SSSR count). The van der Waals surface area contributed by atoms with E-state index >= 15 is 0 Å². The summed E-state index contributed by atoms with van der Waals surface area (Å²) >= 11 is 5.85. The van der Waals surface area contributed by atoms with E-state index in [2.05, 4.69) is 21.4 Å². The van der Waals surface area contributed by atoms with Crippen molar-refractivity contribution < 1.29 is 4.79 Å². The summed E-state index contributed by atoms with van der Waals surface area (Å²) in [6.07, 6.45) is 11.7. The van der Waals surface area contributed by atoms with Crippen molar-refractivity contribution in [3.8, 4) is 0 Å². The highest BCUT2D eigenvalue weighted by molar-refractivity contribution is 6.30. The van der Waals surface area contributed by atoms with Gasteiger partial charge in [0.15, 0.2) is 0 Å². The van der Waals surface area contributed by atoms with Crippen LogP contribution in [0.25, 0.3) is 5.78 Å². The van der Waals surface area contributed by atoms with Crippen LogP contribution < -0.4 is 5.32 Å². The number of rotatable bonds is 3. The molecule has 0 radical (unpaired) electrons. The van der Waals surface area contributed by atoms with Crippen LogP contribution >= 0.6 is 11.6 Å². The summed E-state index contributed by atoms with van der Waals surface area (Å²) in [5, 5.41) is 3.41. The number of aromatic nitrogens is 3. The van der Waals surface area contributed by atoms with E-state index in [1.54, 1.807) is 16.8 Å². The Kier molecular flexibility index (Phi) is 3.69. The minimum absolute atomic E-state index is 0.182. The average molecular weight is 291 g/mol. The highest BCUT2D eigenvalue weighted by Crippen LogP contribution is 2.16. The molecule has 0 aliphatic heterocycles. The fraction of sp³-hybridized carbons (Fsp3) is 0.357. The quantitative estimate of drug-likeness (QED) is 0.884. The minimum atomic E-state index is -0.182. The van der Waals surface area contributed by atoms with Crippen molar-refractivity contribution in [3.05, 3.63) is 41.0 Å². The molecule has 2 aromatic heterocycles. The smallest absolute Gasteiger partial charge is 0.271 e. The second-order valence-electron chi connectivity index (χ2n) is 4.90. The summed E-state index contributed by atoms with van der Waals surface area (Å²) in [6.45, 7) is 0.598. The summed E-state index contributed by atoms with van der Waals surface area (Å²) in [5.74, 6) is 0.287. The molecule has 1 aliphatic rings. The predicted molar refractivity (Wildman–Crippen MR) is 76.9 cm³/mol. The number of carbonyl (C=O) groups excluding carboxylic acids is 1. The lowest BCUT2D eigenvalue weighted by molar-refractivity contribution is 0.0952. The number of carbonyl (C=O) groups is 1. The van der Waals surface area contributed by atoms with Gasteiger partial charge in [0.25, 0.3) is 5.91 Å². The first-order valence-corrected chi connectivity index (χ1v) is 7.06. The Bertz CT molecular complexity index is 677. The zero-order valence-electron chi connectivity index (χ0n) is 11.0. The molecule has 0 unspecified atom stereocenters. The van der Waals surface area contributed by atoms with Gasteiger partial charge >= 0.3 is 0 Å². The van der Waals surface area contributed by atoms with E-state index in [0.717, 1.165) is 12.8 Å². The van der Waals surface area contributed by atoms with Crippen molar-refractivity contribution >= 4 is 23.3 Å². The second-order valence-corrected chi connectivity index (χ2v) is 5.33. The predicted octanol–water partition coefficient (Wildman–Crippen LogP) is 2.61. The van der Waals surface area contributed by atoms with Gasteiger partial charge in [-0.3, -0.25) is 9.20 Å². The summed E-state index contributed by atoms with van der Waals surface area (Å²) in [5.41, 5.74) is 1.66. The number of fused-ring (bicyclic) bond motifs is 1. The number of allylic oxidation sites excluding steroid dienone is 1. The Balaban J connectivity index is 1.70. The van der Waals surface area contributed by atoms with E-state index in [9.17, 15) is 4.79 Å². The Morgan fingerprint density at radius 2 is 2.30 bits per heavy atom. The Morgan fingerprint density at radius 1 is 1.40 bits per heavy atom. The molecular weight excluding hydrogens is 276 g/mol.